The Kier molecular flexibility index (Phi) is 3.57. The van der Waals surface area contributed by atoms with Gasteiger partial charge in [0.15, 0.2) is 0 Å². The summed E-state index contributed by atoms with van der Waals surface area (Å²) in [5.74, 6) is 0.0498. The standard InChI is InChI=1S/C14H14N2O2/c1-10-4-2-6-12(14(15)17)13(10)18-9-11-5-3-7-16-8-11/h2-8H,9H2,1H3,(H2,15,17). The minimum absolute atomic E-state index is 0.360. The Hall–Kier alpha value is -2.36. The molecule has 2 aromatic rings. The lowest BCUT2D eigenvalue weighted by atomic mass is 10.1. The highest BCUT2D eigenvalue weighted by molar-refractivity contribution is 5.96. The summed E-state index contributed by atoms with van der Waals surface area (Å²) >= 11 is 0. The molecule has 0 spiro atoms. The number of aromatic nitrogens is 1. The summed E-state index contributed by atoms with van der Waals surface area (Å²) in [5.41, 5.74) is 7.55. The van der Waals surface area contributed by atoms with Crippen LogP contribution in [0, 0.1) is 6.92 Å². The first-order valence-corrected chi connectivity index (χ1v) is 5.59. The molecule has 0 aliphatic heterocycles. The average molecular weight is 242 g/mol. The minimum Gasteiger partial charge on any atom is -0.488 e. The summed E-state index contributed by atoms with van der Waals surface area (Å²) in [7, 11) is 0. The molecule has 0 saturated heterocycles. The van der Waals surface area contributed by atoms with Crippen molar-refractivity contribution < 1.29 is 9.53 Å². The van der Waals surface area contributed by atoms with Gasteiger partial charge in [0.05, 0.1) is 5.56 Å². The van der Waals surface area contributed by atoms with E-state index in [0.29, 0.717) is 17.9 Å². The van der Waals surface area contributed by atoms with Crippen molar-refractivity contribution in [1.82, 2.24) is 4.98 Å². The summed E-state index contributed by atoms with van der Waals surface area (Å²) in [6.45, 7) is 2.24. The molecule has 0 atom stereocenters. The maximum atomic E-state index is 11.3. The number of carbonyl (C=O) groups is 1. The third-order valence-electron chi connectivity index (χ3n) is 2.58. The normalized spacial score (nSPS) is 10.1. The van der Waals surface area contributed by atoms with E-state index < -0.39 is 5.91 Å². The van der Waals surface area contributed by atoms with Gasteiger partial charge in [-0.05, 0) is 24.6 Å². The molecule has 2 rings (SSSR count). The zero-order valence-corrected chi connectivity index (χ0v) is 10.1. The van der Waals surface area contributed by atoms with Crippen molar-refractivity contribution in [2.75, 3.05) is 0 Å². The van der Waals surface area contributed by atoms with Crippen molar-refractivity contribution >= 4 is 5.91 Å². The number of para-hydroxylation sites is 1. The Morgan fingerprint density at radius 1 is 1.33 bits per heavy atom. The molecule has 2 N–H and O–H groups in total. The molecular weight excluding hydrogens is 228 g/mol. The van der Waals surface area contributed by atoms with Gasteiger partial charge in [-0.25, -0.2) is 0 Å². The number of rotatable bonds is 4. The fourth-order valence-corrected chi connectivity index (χ4v) is 1.68. The fourth-order valence-electron chi connectivity index (χ4n) is 1.68. The van der Waals surface area contributed by atoms with Crippen molar-refractivity contribution in [3.05, 3.63) is 59.4 Å². The predicted molar refractivity (Wildman–Crippen MR) is 68.3 cm³/mol. The van der Waals surface area contributed by atoms with Crippen LogP contribution < -0.4 is 10.5 Å². The second kappa shape index (κ2) is 5.31. The number of carbonyl (C=O) groups excluding carboxylic acids is 1. The van der Waals surface area contributed by atoms with Crippen molar-refractivity contribution in [3.63, 3.8) is 0 Å². The number of amides is 1. The average Bonchev–Trinajstić information content (AvgIpc) is 2.38. The predicted octanol–water partition coefficient (Wildman–Crippen LogP) is 2.07. The number of aryl methyl sites for hydroxylation is 1. The molecule has 0 bridgehead atoms. The van der Waals surface area contributed by atoms with Gasteiger partial charge >= 0.3 is 0 Å². The summed E-state index contributed by atoms with van der Waals surface area (Å²) in [6.07, 6.45) is 3.42. The molecule has 0 unspecified atom stereocenters. The van der Waals surface area contributed by atoms with Crippen molar-refractivity contribution in [2.45, 2.75) is 13.5 Å². The van der Waals surface area contributed by atoms with E-state index >= 15 is 0 Å². The number of hydrogen-bond acceptors (Lipinski definition) is 3. The van der Waals surface area contributed by atoms with E-state index in [1.807, 2.05) is 25.1 Å². The number of hydrogen-bond donors (Lipinski definition) is 1. The highest BCUT2D eigenvalue weighted by Crippen LogP contribution is 2.23. The topological polar surface area (TPSA) is 65.2 Å². The van der Waals surface area contributed by atoms with Crippen LogP contribution in [0.3, 0.4) is 0 Å². The molecule has 4 nitrogen and oxygen atoms in total. The number of pyridine rings is 1. The lowest BCUT2D eigenvalue weighted by molar-refractivity contribution is 0.0995. The first-order valence-electron chi connectivity index (χ1n) is 5.59. The monoisotopic (exact) mass is 242 g/mol. The molecule has 92 valence electrons. The van der Waals surface area contributed by atoms with E-state index in [-0.39, 0.29) is 0 Å². The molecule has 4 heteroatoms. The molecule has 0 aliphatic rings. The summed E-state index contributed by atoms with van der Waals surface area (Å²) in [6, 6.07) is 9.08. The van der Waals surface area contributed by atoms with E-state index in [1.165, 1.54) is 0 Å². The summed E-state index contributed by atoms with van der Waals surface area (Å²) in [4.78, 5) is 15.3. The second-order valence-electron chi connectivity index (χ2n) is 3.97. The van der Waals surface area contributed by atoms with E-state index in [4.69, 9.17) is 10.5 Å². The number of ether oxygens (including phenoxy) is 1. The van der Waals surface area contributed by atoms with Gasteiger partial charge in [0, 0.05) is 18.0 Å². The number of nitrogens with two attached hydrogens (primary N) is 1. The van der Waals surface area contributed by atoms with Gasteiger partial charge in [-0.15, -0.1) is 0 Å². The molecule has 0 aliphatic carbocycles. The van der Waals surface area contributed by atoms with E-state index in [9.17, 15) is 4.79 Å². The van der Waals surface area contributed by atoms with Crippen LogP contribution in [-0.4, -0.2) is 10.9 Å². The van der Waals surface area contributed by atoms with E-state index in [0.717, 1.165) is 11.1 Å². The Labute approximate surface area is 105 Å². The van der Waals surface area contributed by atoms with Crippen LogP contribution in [0.25, 0.3) is 0 Å². The van der Waals surface area contributed by atoms with Gasteiger partial charge in [-0.1, -0.05) is 18.2 Å². The number of primary amides is 1. The minimum atomic E-state index is -0.486. The van der Waals surface area contributed by atoms with E-state index in [1.54, 1.807) is 24.5 Å². The maximum absolute atomic E-state index is 11.3. The third kappa shape index (κ3) is 2.66. The zero-order valence-electron chi connectivity index (χ0n) is 10.1. The molecule has 1 heterocycles. The van der Waals surface area contributed by atoms with Gasteiger partial charge in [-0.3, -0.25) is 9.78 Å². The Morgan fingerprint density at radius 3 is 2.83 bits per heavy atom. The molecule has 0 saturated carbocycles. The lowest BCUT2D eigenvalue weighted by Crippen LogP contribution is -2.13. The molecule has 18 heavy (non-hydrogen) atoms. The number of benzene rings is 1. The van der Waals surface area contributed by atoms with E-state index in [2.05, 4.69) is 4.98 Å². The highest BCUT2D eigenvalue weighted by Gasteiger charge is 2.11. The molecule has 1 aromatic carbocycles. The summed E-state index contributed by atoms with van der Waals surface area (Å²) in [5, 5.41) is 0. The first kappa shape index (κ1) is 12.1. The van der Waals surface area contributed by atoms with Crippen molar-refractivity contribution in [3.8, 4) is 5.75 Å². The quantitative estimate of drug-likeness (QED) is 0.892. The van der Waals surface area contributed by atoms with Crippen molar-refractivity contribution in [1.29, 1.82) is 0 Å². The van der Waals surface area contributed by atoms with Crippen LogP contribution in [0.5, 0.6) is 5.75 Å². The largest absolute Gasteiger partial charge is 0.488 e. The van der Waals surface area contributed by atoms with Crippen LogP contribution >= 0.6 is 0 Å². The van der Waals surface area contributed by atoms with Crippen LogP contribution in [-0.2, 0) is 6.61 Å². The molecule has 0 fully saturated rings. The second-order valence-corrected chi connectivity index (χ2v) is 3.97. The SMILES string of the molecule is Cc1cccc(C(N)=O)c1OCc1cccnc1. The lowest BCUT2D eigenvalue weighted by Gasteiger charge is -2.12. The summed E-state index contributed by atoms with van der Waals surface area (Å²) < 4.78 is 5.67. The fraction of sp³-hybridized carbons (Fsp3) is 0.143. The van der Waals surface area contributed by atoms with Gasteiger partial charge < -0.3 is 10.5 Å². The van der Waals surface area contributed by atoms with Gasteiger partial charge in [0.1, 0.15) is 12.4 Å². The van der Waals surface area contributed by atoms with Crippen LogP contribution in [0.15, 0.2) is 42.7 Å². The van der Waals surface area contributed by atoms with Gasteiger partial charge in [-0.2, -0.15) is 0 Å². The van der Waals surface area contributed by atoms with Crippen LogP contribution in [0.1, 0.15) is 21.5 Å². The Balaban J connectivity index is 2.21. The van der Waals surface area contributed by atoms with Crippen LogP contribution in [0.4, 0.5) is 0 Å². The Morgan fingerprint density at radius 2 is 2.17 bits per heavy atom. The van der Waals surface area contributed by atoms with Gasteiger partial charge in [0.25, 0.3) is 5.91 Å². The van der Waals surface area contributed by atoms with Gasteiger partial charge in [0.2, 0.25) is 0 Å². The molecular formula is C14H14N2O2. The molecule has 1 amide bonds. The van der Waals surface area contributed by atoms with Crippen molar-refractivity contribution in [2.24, 2.45) is 5.73 Å². The maximum Gasteiger partial charge on any atom is 0.252 e. The third-order valence-corrected chi connectivity index (χ3v) is 2.58. The first-order chi connectivity index (χ1) is 8.68. The highest BCUT2D eigenvalue weighted by atomic mass is 16.5. The van der Waals surface area contributed by atoms with Crippen LogP contribution in [0.2, 0.25) is 0 Å². The smallest absolute Gasteiger partial charge is 0.252 e. The zero-order chi connectivity index (χ0) is 13.0. The molecule has 0 radical (unpaired) electrons. The molecule has 1 aromatic heterocycles. The Bertz CT molecular complexity index is 553. The number of nitrogens with zero attached hydrogens (tertiary/aromatic N) is 1.